The number of hydrogen-bond acceptors (Lipinski definition) is 4. The van der Waals surface area contributed by atoms with Crippen LogP contribution in [0.2, 0.25) is 0 Å². The fourth-order valence-corrected chi connectivity index (χ4v) is 2.19. The Kier molecular flexibility index (Phi) is 2.74. The zero-order valence-corrected chi connectivity index (χ0v) is 11.1. The van der Waals surface area contributed by atoms with Gasteiger partial charge in [-0.15, -0.1) is 0 Å². The number of benzene rings is 1. The summed E-state index contributed by atoms with van der Waals surface area (Å²) in [6, 6.07) is 5.74. The van der Waals surface area contributed by atoms with Crippen molar-refractivity contribution in [2.45, 2.75) is 26.8 Å². The Morgan fingerprint density at radius 3 is 2.95 bits per heavy atom. The van der Waals surface area contributed by atoms with Gasteiger partial charge < -0.3 is 14.7 Å². The average Bonchev–Trinajstić information content (AvgIpc) is 2.95. The van der Waals surface area contributed by atoms with Gasteiger partial charge in [0, 0.05) is 12.1 Å². The second-order valence-electron chi connectivity index (χ2n) is 4.57. The number of nitrogens with two attached hydrogens (primary N) is 1. The molecule has 0 amide bonds. The summed E-state index contributed by atoms with van der Waals surface area (Å²) in [5, 5.41) is 0. The molecule has 0 atom stereocenters. The lowest BCUT2D eigenvalue weighted by atomic mass is 10.3. The molecule has 0 aliphatic carbocycles. The summed E-state index contributed by atoms with van der Waals surface area (Å²) >= 11 is 0. The second-order valence-corrected chi connectivity index (χ2v) is 4.57. The number of nitrogen functional groups attached to an aromatic ring is 1. The molecular formula is C14H16N4O. The quantitative estimate of drug-likeness (QED) is 0.731. The number of oxazole rings is 1. The molecule has 1 aromatic carbocycles. The standard InChI is InChI=1S/C14H16N4O/c1-3-11-7-16-14(19-11)8-18-9(2)17-12-6-10(15)4-5-13(12)18/h4-7H,3,8,15H2,1-2H3. The molecule has 3 rings (SSSR count). The highest BCUT2D eigenvalue weighted by atomic mass is 16.4. The van der Waals surface area contributed by atoms with E-state index in [9.17, 15) is 0 Å². The van der Waals surface area contributed by atoms with Crippen molar-refractivity contribution in [3.8, 4) is 0 Å². The first-order valence-corrected chi connectivity index (χ1v) is 6.33. The predicted molar refractivity (Wildman–Crippen MR) is 73.9 cm³/mol. The molecule has 0 radical (unpaired) electrons. The molecule has 0 spiro atoms. The lowest BCUT2D eigenvalue weighted by Crippen LogP contribution is -2.02. The van der Waals surface area contributed by atoms with Crippen LogP contribution in [-0.2, 0) is 13.0 Å². The number of fused-ring (bicyclic) bond motifs is 1. The number of nitrogens with zero attached hydrogens (tertiary/aromatic N) is 3. The summed E-state index contributed by atoms with van der Waals surface area (Å²) < 4.78 is 7.73. The molecule has 0 unspecified atom stereocenters. The first-order valence-electron chi connectivity index (χ1n) is 6.33. The highest BCUT2D eigenvalue weighted by molar-refractivity contribution is 5.79. The first-order chi connectivity index (χ1) is 9.17. The van der Waals surface area contributed by atoms with Crippen LogP contribution in [0.5, 0.6) is 0 Å². The molecule has 0 fully saturated rings. The van der Waals surface area contributed by atoms with E-state index in [2.05, 4.69) is 14.5 Å². The van der Waals surface area contributed by atoms with Gasteiger partial charge in [0.1, 0.15) is 18.1 Å². The maximum atomic E-state index is 5.78. The molecule has 0 bridgehead atoms. The van der Waals surface area contributed by atoms with Gasteiger partial charge in [-0.05, 0) is 25.1 Å². The van der Waals surface area contributed by atoms with Crippen molar-refractivity contribution in [2.75, 3.05) is 5.73 Å². The first kappa shape index (κ1) is 11.8. The smallest absolute Gasteiger partial charge is 0.214 e. The summed E-state index contributed by atoms with van der Waals surface area (Å²) in [4.78, 5) is 8.80. The van der Waals surface area contributed by atoms with Crippen LogP contribution in [0.4, 0.5) is 5.69 Å². The fraction of sp³-hybridized carbons (Fsp3) is 0.286. The topological polar surface area (TPSA) is 69.9 Å². The molecule has 3 aromatic rings. The van der Waals surface area contributed by atoms with Crippen LogP contribution in [0.15, 0.2) is 28.8 Å². The second kappa shape index (κ2) is 4.42. The van der Waals surface area contributed by atoms with E-state index in [1.807, 2.05) is 32.0 Å². The van der Waals surface area contributed by atoms with Crippen molar-refractivity contribution >= 4 is 16.7 Å². The number of aromatic nitrogens is 3. The van der Waals surface area contributed by atoms with Gasteiger partial charge in [-0.2, -0.15) is 0 Å². The zero-order chi connectivity index (χ0) is 13.4. The van der Waals surface area contributed by atoms with Crippen molar-refractivity contribution in [3.05, 3.63) is 41.9 Å². The van der Waals surface area contributed by atoms with E-state index in [1.54, 1.807) is 6.20 Å². The molecule has 0 aliphatic heterocycles. The van der Waals surface area contributed by atoms with Gasteiger partial charge in [-0.3, -0.25) is 0 Å². The van der Waals surface area contributed by atoms with E-state index in [4.69, 9.17) is 10.2 Å². The Bertz CT molecular complexity index is 726. The van der Waals surface area contributed by atoms with E-state index < -0.39 is 0 Å². The van der Waals surface area contributed by atoms with E-state index in [-0.39, 0.29) is 0 Å². The van der Waals surface area contributed by atoms with Gasteiger partial charge in [0.05, 0.1) is 17.2 Å². The molecule has 2 aromatic heterocycles. The van der Waals surface area contributed by atoms with Crippen LogP contribution < -0.4 is 5.73 Å². The normalized spacial score (nSPS) is 11.3. The number of rotatable bonds is 3. The zero-order valence-electron chi connectivity index (χ0n) is 11.1. The predicted octanol–water partition coefficient (Wildman–Crippen LogP) is 2.53. The number of imidazole rings is 1. The Labute approximate surface area is 111 Å². The summed E-state index contributed by atoms with van der Waals surface area (Å²) in [6.07, 6.45) is 2.63. The molecule has 2 heterocycles. The molecule has 2 N–H and O–H groups in total. The van der Waals surface area contributed by atoms with Gasteiger partial charge in [-0.1, -0.05) is 6.92 Å². The molecule has 0 saturated carbocycles. The number of hydrogen-bond donors (Lipinski definition) is 1. The third kappa shape index (κ3) is 2.07. The Morgan fingerprint density at radius 1 is 1.37 bits per heavy atom. The Balaban J connectivity index is 2.02. The molecular weight excluding hydrogens is 240 g/mol. The molecule has 5 heteroatoms. The minimum atomic E-state index is 0.590. The lowest BCUT2D eigenvalue weighted by molar-refractivity contribution is 0.446. The van der Waals surface area contributed by atoms with Gasteiger partial charge >= 0.3 is 0 Å². The van der Waals surface area contributed by atoms with Gasteiger partial charge in [-0.25, -0.2) is 9.97 Å². The molecule has 0 aliphatic rings. The summed E-state index contributed by atoms with van der Waals surface area (Å²) in [7, 11) is 0. The van der Waals surface area contributed by atoms with Crippen molar-refractivity contribution < 1.29 is 4.42 Å². The highest BCUT2D eigenvalue weighted by Crippen LogP contribution is 2.20. The van der Waals surface area contributed by atoms with E-state index in [0.717, 1.165) is 34.7 Å². The minimum Gasteiger partial charge on any atom is -0.444 e. The van der Waals surface area contributed by atoms with Crippen LogP contribution in [0.1, 0.15) is 24.4 Å². The van der Waals surface area contributed by atoms with Crippen molar-refractivity contribution in [2.24, 2.45) is 0 Å². The van der Waals surface area contributed by atoms with Crippen molar-refractivity contribution in [1.29, 1.82) is 0 Å². The fourth-order valence-electron chi connectivity index (χ4n) is 2.19. The van der Waals surface area contributed by atoms with Crippen LogP contribution >= 0.6 is 0 Å². The third-order valence-electron chi connectivity index (χ3n) is 3.21. The monoisotopic (exact) mass is 256 g/mol. The summed E-state index contributed by atoms with van der Waals surface area (Å²) in [6.45, 7) is 4.61. The number of aryl methyl sites for hydroxylation is 2. The average molecular weight is 256 g/mol. The minimum absolute atomic E-state index is 0.590. The van der Waals surface area contributed by atoms with Crippen molar-refractivity contribution in [1.82, 2.24) is 14.5 Å². The third-order valence-corrected chi connectivity index (χ3v) is 3.21. The maximum Gasteiger partial charge on any atom is 0.214 e. The van der Waals surface area contributed by atoms with Gasteiger partial charge in [0.2, 0.25) is 5.89 Å². The number of anilines is 1. The molecule has 98 valence electrons. The SMILES string of the molecule is CCc1cnc(Cn2c(C)nc3cc(N)ccc32)o1. The molecule has 19 heavy (non-hydrogen) atoms. The largest absolute Gasteiger partial charge is 0.444 e. The molecule has 5 nitrogen and oxygen atoms in total. The summed E-state index contributed by atoms with van der Waals surface area (Å²) in [5.41, 5.74) is 8.45. The van der Waals surface area contributed by atoms with Crippen LogP contribution in [0, 0.1) is 6.92 Å². The molecule has 0 saturated heterocycles. The van der Waals surface area contributed by atoms with Crippen LogP contribution in [0.25, 0.3) is 11.0 Å². The highest BCUT2D eigenvalue weighted by Gasteiger charge is 2.10. The summed E-state index contributed by atoms with van der Waals surface area (Å²) in [5.74, 6) is 2.54. The van der Waals surface area contributed by atoms with Gasteiger partial charge in [0.25, 0.3) is 0 Å². The van der Waals surface area contributed by atoms with E-state index >= 15 is 0 Å². The lowest BCUT2D eigenvalue weighted by Gasteiger charge is -2.03. The Hall–Kier alpha value is -2.30. The Morgan fingerprint density at radius 2 is 2.21 bits per heavy atom. The van der Waals surface area contributed by atoms with Gasteiger partial charge in [0.15, 0.2) is 0 Å². The maximum absolute atomic E-state index is 5.78. The van der Waals surface area contributed by atoms with E-state index in [1.165, 1.54) is 0 Å². The van der Waals surface area contributed by atoms with Crippen LogP contribution in [0.3, 0.4) is 0 Å². The van der Waals surface area contributed by atoms with Crippen molar-refractivity contribution in [3.63, 3.8) is 0 Å². The van der Waals surface area contributed by atoms with Crippen LogP contribution in [-0.4, -0.2) is 14.5 Å². The van der Waals surface area contributed by atoms with E-state index in [0.29, 0.717) is 12.4 Å².